The van der Waals surface area contributed by atoms with Gasteiger partial charge in [0, 0.05) is 13.1 Å². The number of aromatic nitrogens is 4. The molecule has 0 spiro atoms. The van der Waals surface area contributed by atoms with Crippen molar-refractivity contribution in [2.24, 2.45) is 0 Å². The second-order valence-corrected chi connectivity index (χ2v) is 15.5. The summed E-state index contributed by atoms with van der Waals surface area (Å²) >= 11 is 0. The zero-order valence-corrected chi connectivity index (χ0v) is 32.6. The Morgan fingerprint density at radius 2 is 0.911 bits per heavy atom. The zero-order valence-electron chi connectivity index (χ0n) is 32.6. The number of imidazole rings is 2. The van der Waals surface area contributed by atoms with E-state index in [2.05, 4.69) is 58.5 Å². The molecule has 10 nitrogen and oxygen atoms in total. The molecule has 2 aromatic heterocycles. The number of aromatic amines is 2. The molecule has 0 bridgehead atoms. The summed E-state index contributed by atoms with van der Waals surface area (Å²) < 4.78 is 0. The summed E-state index contributed by atoms with van der Waals surface area (Å²) in [4.78, 5) is 52.5. The summed E-state index contributed by atoms with van der Waals surface area (Å²) in [6, 6.07) is 36.1. The number of nitrogens with one attached hydrogen (secondary N) is 2. The first-order valence-electron chi connectivity index (χ1n) is 19.6. The maximum absolute atomic E-state index is 13.9. The predicted octanol–water partition coefficient (Wildman–Crippen LogP) is 8.07. The van der Waals surface area contributed by atoms with Crippen molar-refractivity contribution in [2.75, 3.05) is 41.3 Å². The van der Waals surface area contributed by atoms with Gasteiger partial charge in [-0.2, -0.15) is 0 Å². The topological polar surface area (TPSA) is 104 Å². The van der Waals surface area contributed by atoms with E-state index in [0.29, 0.717) is 0 Å². The first kappa shape index (κ1) is 37.1. The molecule has 10 heteroatoms. The molecule has 2 amide bonds. The van der Waals surface area contributed by atoms with E-state index >= 15 is 0 Å². The van der Waals surface area contributed by atoms with E-state index in [-0.39, 0.29) is 36.0 Å². The maximum atomic E-state index is 13.9. The Bertz CT molecular complexity index is 2080. The van der Waals surface area contributed by atoms with E-state index in [0.717, 1.165) is 95.2 Å². The van der Waals surface area contributed by atoms with E-state index in [1.54, 1.807) is 0 Å². The van der Waals surface area contributed by atoms with Crippen molar-refractivity contribution >= 4 is 11.8 Å². The van der Waals surface area contributed by atoms with Gasteiger partial charge in [0.15, 0.2) is 0 Å². The minimum Gasteiger partial charge on any atom is -0.340 e. The quantitative estimate of drug-likeness (QED) is 0.139. The molecule has 6 aromatic rings. The van der Waals surface area contributed by atoms with Gasteiger partial charge in [-0.3, -0.25) is 19.4 Å². The molecule has 0 radical (unpaired) electrons. The average Bonchev–Trinajstić information content (AvgIpc) is 4.06. The second-order valence-electron chi connectivity index (χ2n) is 15.5. The summed E-state index contributed by atoms with van der Waals surface area (Å²) in [5.41, 5.74) is 8.17. The number of likely N-dealkylation sites (tertiary alicyclic amines) is 2. The Labute approximate surface area is 329 Å². The smallest absolute Gasteiger partial charge is 0.245 e. The number of amides is 2. The van der Waals surface area contributed by atoms with Crippen molar-refractivity contribution in [3.8, 4) is 33.6 Å². The number of benzene rings is 4. The van der Waals surface area contributed by atoms with Crippen molar-refractivity contribution in [3.05, 3.63) is 144 Å². The Hall–Kier alpha value is -5.84. The number of rotatable bonds is 11. The van der Waals surface area contributed by atoms with Gasteiger partial charge in [-0.05, 0) is 87.3 Å². The molecule has 2 unspecified atom stereocenters. The maximum Gasteiger partial charge on any atom is 0.245 e. The van der Waals surface area contributed by atoms with Gasteiger partial charge in [0.1, 0.15) is 23.7 Å². The van der Waals surface area contributed by atoms with E-state index in [1.165, 1.54) is 0 Å². The fraction of sp³-hybridized carbons (Fsp3) is 0.304. The Kier molecular flexibility index (Phi) is 10.7. The van der Waals surface area contributed by atoms with Gasteiger partial charge in [0.05, 0.1) is 35.9 Å². The number of nitrogens with zero attached hydrogens (tertiary/aromatic N) is 6. The van der Waals surface area contributed by atoms with E-state index < -0.39 is 0 Å². The summed E-state index contributed by atoms with van der Waals surface area (Å²) in [5, 5.41) is 0. The fourth-order valence-electron chi connectivity index (χ4n) is 8.53. The molecule has 2 N–H and O–H groups in total. The molecule has 2 aliphatic heterocycles. The number of carbonyl (C=O) groups is 2. The molecule has 56 heavy (non-hydrogen) atoms. The Balaban J connectivity index is 0.930. The number of hydrogen-bond acceptors (Lipinski definition) is 6. The van der Waals surface area contributed by atoms with Gasteiger partial charge in [-0.25, -0.2) is 9.97 Å². The molecular weight excluding hydrogens is 697 g/mol. The van der Waals surface area contributed by atoms with Crippen molar-refractivity contribution in [1.29, 1.82) is 0 Å². The minimum atomic E-state index is -0.341. The van der Waals surface area contributed by atoms with Crippen molar-refractivity contribution in [2.45, 2.75) is 49.9 Å². The second kappa shape index (κ2) is 16.1. The summed E-state index contributed by atoms with van der Waals surface area (Å²) in [5.74, 6) is 1.87. The van der Waals surface area contributed by atoms with E-state index in [4.69, 9.17) is 9.97 Å². The zero-order chi connectivity index (χ0) is 38.8. The highest BCUT2D eigenvalue weighted by Gasteiger charge is 2.38. The van der Waals surface area contributed by atoms with Crippen LogP contribution in [-0.2, 0) is 9.59 Å². The van der Waals surface area contributed by atoms with Gasteiger partial charge in [0.2, 0.25) is 11.8 Å². The molecule has 4 aromatic carbocycles. The molecule has 2 aliphatic rings. The monoisotopic (exact) mass is 746 g/mol. The largest absolute Gasteiger partial charge is 0.340 e. The summed E-state index contributed by atoms with van der Waals surface area (Å²) in [7, 11) is 7.84. The first-order valence-corrected chi connectivity index (χ1v) is 19.6. The average molecular weight is 747 g/mol. The lowest BCUT2D eigenvalue weighted by Crippen LogP contribution is -2.40. The van der Waals surface area contributed by atoms with Gasteiger partial charge in [-0.1, -0.05) is 109 Å². The Morgan fingerprint density at radius 3 is 1.27 bits per heavy atom. The molecule has 2 fully saturated rings. The lowest BCUT2D eigenvalue weighted by Gasteiger charge is -2.31. The van der Waals surface area contributed by atoms with Crippen molar-refractivity contribution in [3.63, 3.8) is 0 Å². The summed E-state index contributed by atoms with van der Waals surface area (Å²) in [6.07, 6.45) is 7.42. The molecule has 2 saturated heterocycles. The third-order valence-corrected chi connectivity index (χ3v) is 11.4. The van der Waals surface area contributed by atoms with Crippen LogP contribution in [0, 0.1) is 0 Å². The molecule has 286 valence electrons. The third kappa shape index (κ3) is 7.42. The van der Waals surface area contributed by atoms with Crippen LogP contribution in [-0.4, -0.2) is 92.6 Å². The van der Waals surface area contributed by atoms with Crippen LogP contribution in [0.4, 0.5) is 0 Å². The third-order valence-electron chi connectivity index (χ3n) is 11.4. The standard InChI is InChI=1S/C46H50N8O2/c1-51(2)41(35-13-7-5-8-14-35)45(55)53-27-11-17-39(53)43-47-29-37(49-43)33-23-19-31(20-24-33)32-21-25-34(26-22-32)38-30-48-44(50-38)40-18-12-28-54(40)46(56)42(52(3)4)36-15-9-6-10-16-36/h5-10,13-16,19-26,29-30,39-42H,11-12,17-18,27-28H2,1-4H3,(H,47,49)(H,48,50)/t39?,40?,41-,42-/m1/s1. The lowest BCUT2D eigenvalue weighted by molar-refractivity contribution is -0.138. The van der Waals surface area contributed by atoms with Gasteiger partial charge >= 0.3 is 0 Å². The number of likely N-dealkylation sites (N-methyl/N-ethyl adjacent to an activating group) is 2. The highest BCUT2D eigenvalue weighted by atomic mass is 16.2. The number of hydrogen-bond donors (Lipinski definition) is 2. The molecule has 4 heterocycles. The van der Waals surface area contributed by atoms with Gasteiger partial charge < -0.3 is 19.8 Å². The Morgan fingerprint density at radius 1 is 0.554 bits per heavy atom. The minimum absolute atomic E-state index is 0.0826. The van der Waals surface area contributed by atoms with Gasteiger partial charge in [-0.15, -0.1) is 0 Å². The summed E-state index contributed by atoms with van der Waals surface area (Å²) in [6.45, 7) is 1.44. The highest BCUT2D eigenvalue weighted by Crippen LogP contribution is 2.37. The molecule has 0 saturated carbocycles. The predicted molar refractivity (Wildman–Crippen MR) is 220 cm³/mol. The first-order chi connectivity index (χ1) is 27.3. The van der Waals surface area contributed by atoms with Crippen LogP contribution in [0.2, 0.25) is 0 Å². The van der Waals surface area contributed by atoms with Crippen molar-refractivity contribution in [1.82, 2.24) is 39.5 Å². The number of H-pyrrole nitrogens is 2. The van der Waals surface area contributed by atoms with E-state index in [9.17, 15) is 9.59 Å². The lowest BCUT2D eigenvalue weighted by atomic mass is 10.0. The normalized spacial score (nSPS) is 18.2. The fourth-order valence-corrected chi connectivity index (χ4v) is 8.53. The molecule has 0 aliphatic carbocycles. The van der Waals surface area contributed by atoms with Gasteiger partial charge in [0.25, 0.3) is 0 Å². The highest BCUT2D eigenvalue weighted by molar-refractivity contribution is 5.84. The molecular formula is C46H50N8O2. The van der Waals surface area contributed by atoms with Crippen molar-refractivity contribution < 1.29 is 9.59 Å². The van der Waals surface area contributed by atoms with Crippen LogP contribution in [0.15, 0.2) is 122 Å². The van der Waals surface area contributed by atoms with Crippen LogP contribution in [0.25, 0.3) is 33.6 Å². The van der Waals surface area contributed by atoms with E-state index in [1.807, 2.05) is 121 Å². The molecule has 8 rings (SSSR count). The van der Waals surface area contributed by atoms with Crippen LogP contribution in [0.1, 0.15) is 72.6 Å². The van der Waals surface area contributed by atoms with Crippen LogP contribution >= 0.6 is 0 Å². The SMILES string of the molecule is CN(C)[C@@H](C(=O)N1CCCC1c1ncc(-c2ccc(-c3ccc(-c4cnc(C5CCCN5C(=O)[C@@H](c5ccccc5)N(C)C)[nH]4)cc3)cc2)[nH]1)c1ccccc1. The van der Waals surface area contributed by atoms with Crippen LogP contribution in [0.5, 0.6) is 0 Å². The number of carbonyl (C=O) groups excluding carboxylic acids is 2. The van der Waals surface area contributed by atoms with Crippen LogP contribution < -0.4 is 0 Å². The molecule has 4 atom stereocenters. The van der Waals surface area contributed by atoms with Crippen LogP contribution in [0.3, 0.4) is 0 Å².